The van der Waals surface area contributed by atoms with Gasteiger partial charge in [-0.1, -0.05) is 30.3 Å². The van der Waals surface area contributed by atoms with Crippen LogP contribution in [-0.2, 0) is 4.79 Å². The molecular formula is C23H25N3O3. The SMILES string of the molecule is CCOc1ccc(C2CCCN2C(=O)c2[nH]c3ccccc3c2NC(C)=O)cc1. The number of hydrogen-bond acceptors (Lipinski definition) is 3. The maximum Gasteiger partial charge on any atom is 0.272 e. The van der Waals surface area contributed by atoms with Crippen molar-refractivity contribution in [1.29, 1.82) is 0 Å². The van der Waals surface area contributed by atoms with Crippen LogP contribution in [0.25, 0.3) is 10.9 Å². The first-order valence-electron chi connectivity index (χ1n) is 10.0. The van der Waals surface area contributed by atoms with Gasteiger partial charge in [-0.25, -0.2) is 0 Å². The van der Waals surface area contributed by atoms with E-state index in [1.807, 2.05) is 60.4 Å². The zero-order valence-corrected chi connectivity index (χ0v) is 16.7. The Kier molecular flexibility index (Phi) is 5.25. The van der Waals surface area contributed by atoms with Gasteiger partial charge in [0.05, 0.1) is 18.3 Å². The van der Waals surface area contributed by atoms with Crippen LogP contribution in [0.5, 0.6) is 5.75 Å². The van der Waals surface area contributed by atoms with E-state index < -0.39 is 0 Å². The number of aromatic nitrogens is 1. The second-order valence-electron chi connectivity index (χ2n) is 7.26. The van der Waals surface area contributed by atoms with Crippen LogP contribution in [0.3, 0.4) is 0 Å². The summed E-state index contributed by atoms with van der Waals surface area (Å²) in [5.74, 6) is 0.533. The number of nitrogens with one attached hydrogen (secondary N) is 2. The number of benzene rings is 2. The fourth-order valence-electron chi connectivity index (χ4n) is 4.06. The van der Waals surface area contributed by atoms with E-state index in [1.54, 1.807) is 0 Å². The number of fused-ring (bicyclic) bond motifs is 1. The third-order valence-corrected chi connectivity index (χ3v) is 5.31. The van der Waals surface area contributed by atoms with Gasteiger partial charge in [-0.15, -0.1) is 0 Å². The molecule has 0 bridgehead atoms. The van der Waals surface area contributed by atoms with Crippen LogP contribution in [0, 0.1) is 0 Å². The van der Waals surface area contributed by atoms with E-state index in [-0.39, 0.29) is 17.9 Å². The third kappa shape index (κ3) is 3.70. The summed E-state index contributed by atoms with van der Waals surface area (Å²) in [6, 6.07) is 15.6. The van der Waals surface area contributed by atoms with Crippen molar-refractivity contribution in [2.75, 3.05) is 18.5 Å². The van der Waals surface area contributed by atoms with Crippen molar-refractivity contribution >= 4 is 28.4 Å². The lowest BCUT2D eigenvalue weighted by atomic mass is 10.0. The predicted octanol–water partition coefficient (Wildman–Crippen LogP) is 4.50. The highest BCUT2D eigenvalue weighted by Gasteiger charge is 2.33. The maximum atomic E-state index is 13.5. The number of carbonyl (C=O) groups is 2. The fourth-order valence-corrected chi connectivity index (χ4v) is 4.06. The smallest absolute Gasteiger partial charge is 0.272 e. The van der Waals surface area contributed by atoms with E-state index in [4.69, 9.17) is 4.74 Å². The van der Waals surface area contributed by atoms with Crippen molar-refractivity contribution in [3.63, 3.8) is 0 Å². The minimum atomic E-state index is -0.201. The monoisotopic (exact) mass is 391 g/mol. The molecule has 1 fully saturated rings. The number of carbonyl (C=O) groups excluding carboxylic acids is 2. The first-order chi connectivity index (χ1) is 14.1. The third-order valence-electron chi connectivity index (χ3n) is 5.31. The van der Waals surface area contributed by atoms with Gasteiger partial charge in [0.1, 0.15) is 11.4 Å². The molecule has 1 aromatic heterocycles. The molecule has 150 valence electrons. The van der Waals surface area contributed by atoms with Crippen molar-refractivity contribution in [3.8, 4) is 5.75 Å². The maximum absolute atomic E-state index is 13.5. The number of hydrogen-bond donors (Lipinski definition) is 2. The number of nitrogens with zero attached hydrogens (tertiary/aromatic N) is 1. The fraction of sp³-hybridized carbons (Fsp3) is 0.304. The van der Waals surface area contributed by atoms with E-state index in [2.05, 4.69) is 10.3 Å². The topological polar surface area (TPSA) is 74.4 Å². The average Bonchev–Trinajstić information content (AvgIpc) is 3.34. The summed E-state index contributed by atoms with van der Waals surface area (Å²) in [6.45, 7) is 4.72. The number of amides is 2. The first kappa shape index (κ1) is 19.1. The summed E-state index contributed by atoms with van der Waals surface area (Å²) in [4.78, 5) is 30.4. The Morgan fingerprint density at radius 1 is 1.17 bits per heavy atom. The molecule has 0 spiro atoms. The van der Waals surface area contributed by atoms with Crippen LogP contribution >= 0.6 is 0 Å². The molecule has 2 aromatic carbocycles. The quantitative estimate of drug-likeness (QED) is 0.672. The molecule has 3 aromatic rings. The van der Waals surface area contributed by atoms with Gasteiger partial charge in [0, 0.05) is 24.4 Å². The lowest BCUT2D eigenvalue weighted by Crippen LogP contribution is -2.31. The van der Waals surface area contributed by atoms with Gasteiger partial charge in [0.25, 0.3) is 5.91 Å². The largest absolute Gasteiger partial charge is 0.494 e. The number of anilines is 1. The van der Waals surface area contributed by atoms with E-state index in [0.29, 0.717) is 24.5 Å². The molecule has 0 saturated carbocycles. The van der Waals surface area contributed by atoms with Gasteiger partial charge < -0.3 is 19.9 Å². The molecule has 1 aliphatic heterocycles. The van der Waals surface area contributed by atoms with Crippen molar-refractivity contribution < 1.29 is 14.3 Å². The van der Waals surface area contributed by atoms with Crippen molar-refractivity contribution in [3.05, 3.63) is 59.8 Å². The number of para-hydroxylation sites is 1. The minimum absolute atomic E-state index is 0.00904. The second kappa shape index (κ2) is 7.99. The Hall–Kier alpha value is -3.28. The summed E-state index contributed by atoms with van der Waals surface area (Å²) in [6.07, 6.45) is 1.86. The zero-order valence-electron chi connectivity index (χ0n) is 16.7. The normalized spacial score (nSPS) is 16.2. The van der Waals surface area contributed by atoms with Crippen LogP contribution in [0.4, 0.5) is 5.69 Å². The molecule has 1 unspecified atom stereocenters. The molecule has 6 nitrogen and oxygen atoms in total. The summed E-state index contributed by atoms with van der Waals surface area (Å²) < 4.78 is 5.53. The Morgan fingerprint density at radius 2 is 1.93 bits per heavy atom. The molecule has 2 amide bonds. The Balaban J connectivity index is 1.67. The number of likely N-dealkylation sites (tertiary alicyclic amines) is 1. The highest BCUT2D eigenvalue weighted by Crippen LogP contribution is 2.36. The van der Waals surface area contributed by atoms with Gasteiger partial charge in [0.2, 0.25) is 5.91 Å². The Morgan fingerprint density at radius 3 is 2.66 bits per heavy atom. The van der Waals surface area contributed by atoms with Crippen LogP contribution in [0.2, 0.25) is 0 Å². The number of rotatable bonds is 5. The average molecular weight is 391 g/mol. The highest BCUT2D eigenvalue weighted by atomic mass is 16.5. The molecule has 6 heteroatoms. The van der Waals surface area contributed by atoms with E-state index >= 15 is 0 Å². The molecule has 29 heavy (non-hydrogen) atoms. The number of aromatic amines is 1. The molecule has 1 saturated heterocycles. The minimum Gasteiger partial charge on any atom is -0.494 e. The highest BCUT2D eigenvalue weighted by molar-refractivity contribution is 6.12. The second-order valence-corrected chi connectivity index (χ2v) is 7.26. The van der Waals surface area contributed by atoms with Crippen molar-refractivity contribution in [1.82, 2.24) is 9.88 Å². The first-order valence-corrected chi connectivity index (χ1v) is 10.0. The molecule has 1 aliphatic rings. The van der Waals surface area contributed by atoms with Gasteiger partial charge >= 0.3 is 0 Å². The molecule has 4 rings (SSSR count). The van der Waals surface area contributed by atoms with Gasteiger partial charge in [-0.3, -0.25) is 9.59 Å². The Bertz CT molecular complexity index is 1040. The lowest BCUT2D eigenvalue weighted by Gasteiger charge is -2.25. The van der Waals surface area contributed by atoms with E-state index in [1.165, 1.54) is 6.92 Å². The molecule has 2 N–H and O–H groups in total. The van der Waals surface area contributed by atoms with Crippen LogP contribution in [0.1, 0.15) is 48.8 Å². The summed E-state index contributed by atoms with van der Waals surface area (Å²) >= 11 is 0. The summed E-state index contributed by atoms with van der Waals surface area (Å²) in [5, 5.41) is 3.68. The summed E-state index contributed by atoms with van der Waals surface area (Å²) in [5.41, 5.74) is 2.91. The lowest BCUT2D eigenvalue weighted by molar-refractivity contribution is -0.114. The van der Waals surface area contributed by atoms with Crippen LogP contribution in [0.15, 0.2) is 48.5 Å². The van der Waals surface area contributed by atoms with Crippen molar-refractivity contribution in [2.45, 2.75) is 32.7 Å². The molecule has 0 aliphatic carbocycles. The van der Waals surface area contributed by atoms with E-state index in [0.717, 1.165) is 35.1 Å². The molecule has 0 radical (unpaired) electrons. The zero-order chi connectivity index (χ0) is 20.4. The number of ether oxygens (including phenoxy) is 1. The van der Waals surface area contributed by atoms with Gasteiger partial charge in [0.15, 0.2) is 0 Å². The van der Waals surface area contributed by atoms with Crippen LogP contribution in [-0.4, -0.2) is 34.8 Å². The van der Waals surface area contributed by atoms with Gasteiger partial charge in [-0.05, 0) is 43.5 Å². The molecule has 1 atom stereocenters. The molecule has 2 heterocycles. The van der Waals surface area contributed by atoms with Crippen molar-refractivity contribution in [2.24, 2.45) is 0 Å². The predicted molar refractivity (Wildman–Crippen MR) is 113 cm³/mol. The van der Waals surface area contributed by atoms with Gasteiger partial charge in [-0.2, -0.15) is 0 Å². The standard InChI is InChI=1S/C23H25N3O3/c1-3-29-17-12-10-16(11-13-17)20-9-6-14-26(20)23(28)22-21(24-15(2)27)18-7-4-5-8-19(18)25-22/h4-5,7-8,10-13,20,25H,3,6,9,14H2,1-2H3,(H,24,27). The Labute approximate surface area is 169 Å². The molecular weight excluding hydrogens is 366 g/mol. The van der Waals surface area contributed by atoms with E-state index in [9.17, 15) is 9.59 Å². The summed E-state index contributed by atoms with van der Waals surface area (Å²) in [7, 11) is 0. The van der Waals surface area contributed by atoms with Crippen LogP contribution < -0.4 is 10.1 Å². The number of H-pyrrole nitrogens is 1.